The molecule has 3 nitrogen and oxygen atoms in total. The lowest BCUT2D eigenvalue weighted by atomic mass is 10.1. The zero-order chi connectivity index (χ0) is 16.1. The summed E-state index contributed by atoms with van der Waals surface area (Å²) in [5.41, 5.74) is 1.64. The van der Waals surface area contributed by atoms with Crippen LogP contribution in [-0.4, -0.2) is 30.7 Å². The van der Waals surface area contributed by atoms with Gasteiger partial charge in [-0.15, -0.1) is 23.4 Å². The van der Waals surface area contributed by atoms with Gasteiger partial charge in [0, 0.05) is 34.7 Å². The van der Waals surface area contributed by atoms with Crippen molar-refractivity contribution in [2.45, 2.75) is 11.3 Å². The van der Waals surface area contributed by atoms with Gasteiger partial charge in [0.1, 0.15) is 5.75 Å². The molecule has 1 aliphatic heterocycles. The Morgan fingerprint density at radius 1 is 1.22 bits per heavy atom. The van der Waals surface area contributed by atoms with Gasteiger partial charge in [-0.1, -0.05) is 18.2 Å². The highest BCUT2D eigenvalue weighted by molar-refractivity contribution is 7.99. The second kappa shape index (κ2) is 7.75. The number of anilines is 1. The molecular formula is C18H18ClNO2S. The smallest absolute Gasteiger partial charge is 0.258 e. The van der Waals surface area contributed by atoms with Crippen LogP contribution in [0.3, 0.4) is 0 Å². The van der Waals surface area contributed by atoms with E-state index in [1.807, 2.05) is 53.4 Å². The summed E-state index contributed by atoms with van der Waals surface area (Å²) in [5, 5.41) is 0. The minimum Gasteiger partial charge on any atom is -0.493 e. The number of hydrogen-bond acceptors (Lipinski definition) is 3. The molecule has 2 aromatic carbocycles. The first-order chi connectivity index (χ1) is 11.3. The number of alkyl halides is 1. The lowest BCUT2D eigenvalue weighted by molar-refractivity contribution is 0.0987. The topological polar surface area (TPSA) is 29.5 Å². The van der Waals surface area contributed by atoms with Crippen LogP contribution >= 0.6 is 23.4 Å². The van der Waals surface area contributed by atoms with Gasteiger partial charge in [-0.05, 0) is 30.7 Å². The van der Waals surface area contributed by atoms with Crippen molar-refractivity contribution < 1.29 is 9.53 Å². The summed E-state index contributed by atoms with van der Waals surface area (Å²) < 4.78 is 5.71. The molecular weight excluding hydrogens is 330 g/mol. The average molecular weight is 348 g/mol. The van der Waals surface area contributed by atoms with Crippen molar-refractivity contribution in [3.8, 4) is 5.75 Å². The summed E-state index contributed by atoms with van der Waals surface area (Å²) in [6, 6.07) is 15.3. The van der Waals surface area contributed by atoms with E-state index in [-0.39, 0.29) is 5.91 Å². The highest BCUT2D eigenvalue weighted by Gasteiger charge is 2.24. The summed E-state index contributed by atoms with van der Waals surface area (Å²) >= 11 is 7.45. The van der Waals surface area contributed by atoms with Crippen molar-refractivity contribution in [3.63, 3.8) is 0 Å². The van der Waals surface area contributed by atoms with E-state index in [0.29, 0.717) is 24.6 Å². The first-order valence-corrected chi connectivity index (χ1v) is 9.14. The lowest BCUT2D eigenvalue weighted by Crippen LogP contribution is -2.35. The van der Waals surface area contributed by atoms with Crippen molar-refractivity contribution in [2.75, 3.05) is 29.7 Å². The van der Waals surface area contributed by atoms with Gasteiger partial charge in [-0.2, -0.15) is 0 Å². The normalized spacial score (nSPS) is 13.5. The van der Waals surface area contributed by atoms with Crippen LogP contribution < -0.4 is 9.64 Å². The number of carbonyl (C=O) groups is 1. The SMILES string of the molecule is O=C(c1ccccc1)N1CCSc2ccc(OCCCCl)cc21. The largest absolute Gasteiger partial charge is 0.493 e. The highest BCUT2D eigenvalue weighted by atomic mass is 35.5. The fourth-order valence-electron chi connectivity index (χ4n) is 2.48. The third kappa shape index (κ3) is 3.82. The molecule has 0 spiro atoms. The Morgan fingerprint density at radius 3 is 2.83 bits per heavy atom. The Balaban J connectivity index is 1.85. The Labute approximate surface area is 145 Å². The minimum atomic E-state index is 0.0325. The molecule has 120 valence electrons. The molecule has 3 rings (SSSR count). The number of thioether (sulfide) groups is 1. The number of rotatable bonds is 5. The Morgan fingerprint density at radius 2 is 2.04 bits per heavy atom. The van der Waals surface area contributed by atoms with Crippen molar-refractivity contribution >= 4 is 35.0 Å². The summed E-state index contributed by atoms with van der Waals surface area (Å²) in [6.07, 6.45) is 0.806. The Bertz CT molecular complexity index is 678. The summed E-state index contributed by atoms with van der Waals surface area (Å²) in [5.74, 6) is 2.30. The second-order valence-corrected chi connectivity index (χ2v) is 6.71. The molecule has 0 aliphatic carbocycles. The molecule has 0 saturated heterocycles. The van der Waals surface area contributed by atoms with Gasteiger partial charge >= 0.3 is 0 Å². The zero-order valence-electron chi connectivity index (χ0n) is 12.7. The number of amides is 1. The van der Waals surface area contributed by atoms with Gasteiger partial charge in [0.15, 0.2) is 0 Å². The van der Waals surface area contributed by atoms with Gasteiger partial charge < -0.3 is 9.64 Å². The molecule has 0 fully saturated rings. The first kappa shape index (κ1) is 16.2. The number of ether oxygens (including phenoxy) is 1. The molecule has 0 radical (unpaired) electrons. The fourth-order valence-corrected chi connectivity index (χ4v) is 3.56. The van der Waals surface area contributed by atoms with Gasteiger partial charge in [0.05, 0.1) is 12.3 Å². The number of benzene rings is 2. The van der Waals surface area contributed by atoms with Gasteiger partial charge in [0.25, 0.3) is 5.91 Å². The third-order valence-corrected chi connectivity index (χ3v) is 4.92. The average Bonchev–Trinajstić information content (AvgIpc) is 2.61. The monoisotopic (exact) mass is 347 g/mol. The van der Waals surface area contributed by atoms with E-state index in [0.717, 1.165) is 28.5 Å². The Kier molecular flexibility index (Phi) is 5.47. The maximum absolute atomic E-state index is 12.8. The van der Waals surface area contributed by atoms with Crippen molar-refractivity contribution in [2.24, 2.45) is 0 Å². The van der Waals surface area contributed by atoms with E-state index < -0.39 is 0 Å². The minimum absolute atomic E-state index is 0.0325. The van der Waals surface area contributed by atoms with Crippen LogP contribution in [0.2, 0.25) is 0 Å². The predicted octanol–water partition coefficient (Wildman–Crippen LogP) is 4.45. The van der Waals surface area contributed by atoms with E-state index in [2.05, 4.69) is 0 Å². The Hall–Kier alpha value is -1.65. The highest BCUT2D eigenvalue weighted by Crippen LogP contribution is 2.38. The van der Waals surface area contributed by atoms with E-state index >= 15 is 0 Å². The quantitative estimate of drug-likeness (QED) is 0.591. The van der Waals surface area contributed by atoms with E-state index in [1.165, 1.54) is 0 Å². The summed E-state index contributed by atoms with van der Waals surface area (Å²) in [7, 11) is 0. The third-order valence-electron chi connectivity index (χ3n) is 3.61. The van der Waals surface area contributed by atoms with E-state index in [1.54, 1.807) is 11.8 Å². The molecule has 0 unspecified atom stereocenters. The van der Waals surface area contributed by atoms with Crippen LogP contribution in [0.4, 0.5) is 5.69 Å². The van der Waals surface area contributed by atoms with Crippen LogP contribution in [-0.2, 0) is 0 Å². The molecule has 0 atom stereocenters. The number of halogens is 1. The molecule has 5 heteroatoms. The van der Waals surface area contributed by atoms with Gasteiger partial charge in [-0.3, -0.25) is 4.79 Å². The van der Waals surface area contributed by atoms with Crippen molar-refractivity contribution in [3.05, 3.63) is 54.1 Å². The predicted molar refractivity (Wildman–Crippen MR) is 96.1 cm³/mol. The molecule has 1 amide bonds. The van der Waals surface area contributed by atoms with Crippen LogP contribution in [0.1, 0.15) is 16.8 Å². The molecule has 0 saturated carbocycles. The van der Waals surface area contributed by atoms with Crippen LogP contribution in [0.5, 0.6) is 5.75 Å². The van der Waals surface area contributed by atoms with Crippen molar-refractivity contribution in [1.29, 1.82) is 0 Å². The molecule has 0 bridgehead atoms. The maximum Gasteiger partial charge on any atom is 0.258 e. The second-order valence-electron chi connectivity index (χ2n) is 5.19. The molecule has 2 aromatic rings. The van der Waals surface area contributed by atoms with E-state index in [9.17, 15) is 4.79 Å². The first-order valence-electron chi connectivity index (χ1n) is 7.62. The van der Waals surface area contributed by atoms with Crippen LogP contribution in [0.15, 0.2) is 53.4 Å². The number of nitrogens with zero attached hydrogens (tertiary/aromatic N) is 1. The molecule has 0 aromatic heterocycles. The summed E-state index contributed by atoms with van der Waals surface area (Å²) in [6.45, 7) is 1.29. The number of hydrogen-bond donors (Lipinski definition) is 0. The van der Waals surface area contributed by atoms with Crippen LogP contribution in [0.25, 0.3) is 0 Å². The lowest BCUT2D eigenvalue weighted by Gasteiger charge is -2.29. The molecule has 0 N–H and O–H groups in total. The fraction of sp³-hybridized carbons (Fsp3) is 0.278. The van der Waals surface area contributed by atoms with Gasteiger partial charge in [0.2, 0.25) is 0 Å². The molecule has 23 heavy (non-hydrogen) atoms. The molecule has 1 aliphatic rings. The maximum atomic E-state index is 12.8. The van der Waals surface area contributed by atoms with Crippen LogP contribution in [0, 0.1) is 0 Å². The number of fused-ring (bicyclic) bond motifs is 1. The summed E-state index contributed by atoms with van der Waals surface area (Å²) in [4.78, 5) is 15.8. The van der Waals surface area contributed by atoms with E-state index in [4.69, 9.17) is 16.3 Å². The molecule has 1 heterocycles. The standard InChI is InChI=1S/C18H18ClNO2S/c19-9-4-11-22-15-7-8-17-16(13-15)20(10-12-23-17)18(21)14-5-2-1-3-6-14/h1-3,5-8,13H,4,9-12H2. The zero-order valence-corrected chi connectivity index (χ0v) is 14.3. The van der Waals surface area contributed by atoms with Gasteiger partial charge in [-0.25, -0.2) is 0 Å². The van der Waals surface area contributed by atoms with Crippen molar-refractivity contribution in [1.82, 2.24) is 0 Å². The number of carbonyl (C=O) groups excluding carboxylic acids is 1.